The lowest BCUT2D eigenvalue weighted by molar-refractivity contribution is 0.0996. The van der Waals surface area contributed by atoms with Gasteiger partial charge in [-0.15, -0.1) is 0 Å². The summed E-state index contributed by atoms with van der Waals surface area (Å²) in [5.41, 5.74) is 0.616. The predicted octanol–water partition coefficient (Wildman–Crippen LogP) is 3.05. The Labute approximate surface area is 114 Å². The molecule has 1 fully saturated rings. The normalized spacial score (nSPS) is 20.5. The van der Waals surface area contributed by atoms with E-state index in [9.17, 15) is 4.39 Å². The van der Waals surface area contributed by atoms with E-state index in [1.165, 1.54) is 6.07 Å². The highest BCUT2D eigenvalue weighted by atomic mass is 19.1. The zero-order valence-electron chi connectivity index (χ0n) is 11.6. The lowest BCUT2D eigenvalue weighted by atomic mass is 9.98. The molecule has 1 aromatic carbocycles. The van der Waals surface area contributed by atoms with E-state index in [0.717, 1.165) is 32.3 Å². The Morgan fingerprint density at radius 1 is 1.53 bits per heavy atom. The first kappa shape index (κ1) is 14.3. The molecule has 0 aliphatic carbocycles. The Morgan fingerprint density at radius 3 is 3.00 bits per heavy atom. The number of rotatable bonds is 6. The van der Waals surface area contributed by atoms with Gasteiger partial charge in [0, 0.05) is 18.2 Å². The third kappa shape index (κ3) is 3.45. The molecule has 0 saturated carbocycles. The SMILES string of the molecule is CNC(CCC1CCCO1)c1c(F)cccc1OC. The molecule has 1 aliphatic rings. The zero-order chi connectivity index (χ0) is 13.7. The number of halogens is 1. The van der Waals surface area contributed by atoms with Gasteiger partial charge in [-0.2, -0.15) is 0 Å². The Balaban J connectivity index is 2.07. The molecule has 1 N–H and O–H groups in total. The number of nitrogens with one attached hydrogen (secondary N) is 1. The van der Waals surface area contributed by atoms with Gasteiger partial charge in [-0.05, 0) is 44.9 Å². The van der Waals surface area contributed by atoms with Crippen molar-refractivity contribution in [3.8, 4) is 5.75 Å². The van der Waals surface area contributed by atoms with E-state index >= 15 is 0 Å². The second kappa shape index (κ2) is 6.87. The number of hydrogen-bond acceptors (Lipinski definition) is 3. The van der Waals surface area contributed by atoms with Gasteiger partial charge < -0.3 is 14.8 Å². The van der Waals surface area contributed by atoms with Gasteiger partial charge >= 0.3 is 0 Å². The van der Waals surface area contributed by atoms with Crippen LogP contribution in [-0.4, -0.2) is 26.9 Å². The first-order valence-electron chi connectivity index (χ1n) is 6.87. The van der Waals surface area contributed by atoms with Gasteiger partial charge in [0.1, 0.15) is 11.6 Å². The molecular formula is C15H22FNO2. The van der Waals surface area contributed by atoms with Crippen molar-refractivity contribution in [1.82, 2.24) is 5.32 Å². The van der Waals surface area contributed by atoms with Crippen LogP contribution in [0.5, 0.6) is 5.75 Å². The molecule has 2 rings (SSSR count). The molecule has 0 spiro atoms. The molecule has 0 aromatic heterocycles. The van der Waals surface area contributed by atoms with Crippen LogP contribution in [-0.2, 0) is 4.74 Å². The summed E-state index contributed by atoms with van der Waals surface area (Å²) in [6.45, 7) is 0.859. The van der Waals surface area contributed by atoms with Crippen LogP contribution in [0, 0.1) is 5.82 Å². The van der Waals surface area contributed by atoms with Crippen molar-refractivity contribution < 1.29 is 13.9 Å². The number of ether oxygens (including phenoxy) is 2. The molecule has 106 valence electrons. The van der Waals surface area contributed by atoms with Crippen LogP contribution in [0.25, 0.3) is 0 Å². The molecule has 1 aliphatic heterocycles. The molecule has 1 saturated heterocycles. The van der Waals surface area contributed by atoms with Gasteiger partial charge in [-0.25, -0.2) is 4.39 Å². The summed E-state index contributed by atoms with van der Waals surface area (Å²) >= 11 is 0. The van der Waals surface area contributed by atoms with Crippen molar-refractivity contribution in [1.29, 1.82) is 0 Å². The van der Waals surface area contributed by atoms with Crippen LogP contribution in [0.1, 0.15) is 37.3 Å². The van der Waals surface area contributed by atoms with Crippen molar-refractivity contribution in [2.45, 2.75) is 37.8 Å². The molecular weight excluding hydrogens is 245 g/mol. The molecule has 4 heteroatoms. The largest absolute Gasteiger partial charge is 0.496 e. The van der Waals surface area contributed by atoms with E-state index in [0.29, 0.717) is 17.4 Å². The van der Waals surface area contributed by atoms with E-state index in [4.69, 9.17) is 9.47 Å². The molecule has 2 unspecified atom stereocenters. The standard InChI is InChI=1S/C15H22FNO2/c1-17-13(9-8-11-5-4-10-19-11)15-12(16)6-3-7-14(15)18-2/h3,6-7,11,13,17H,4-5,8-10H2,1-2H3. The van der Waals surface area contributed by atoms with Gasteiger partial charge in [0.15, 0.2) is 0 Å². The molecule has 0 amide bonds. The second-order valence-electron chi connectivity index (χ2n) is 4.91. The minimum absolute atomic E-state index is 0.0413. The van der Waals surface area contributed by atoms with Crippen LogP contribution in [0.15, 0.2) is 18.2 Å². The van der Waals surface area contributed by atoms with Gasteiger partial charge in [0.2, 0.25) is 0 Å². The highest BCUT2D eigenvalue weighted by Crippen LogP contribution is 2.31. The van der Waals surface area contributed by atoms with E-state index in [1.54, 1.807) is 19.2 Å². The lowest BCUT2D eigenvalue weighted by Gasteiger charge is -2.21. The van der Waals surface area contributed by atoms with Crippen LogP contribution < -0.4 is 10.1 Å². The third-order valence-electron chi connectivity index (χ3n) is 3.73. The maximum atomic E-state index is 14.0. The van der Waals surface area contributed by atoms with E-state index < -0.39 is 0 Å². The molecule has 2 atom stereocenters. The minimum Gasteiger partial charge on any atom is -0.496 e. The first-order valence-corrected chi connectivity index (χ1v) is 6.87. The maximum Gasteiger partial charge on any atom is 0.131 e. The Hall–Kier alpha value is -1.13. The Kier molecular flexibility index (Phi) is 5.16. The quantitative estimate of drug-likeness (QED) is 0.859. The summed E-state index contributed by atoms with van der Waals surface area (Å²) in [6.07, 6.45) is 4.37. The van der Waals surface area contributed by atoms with E-state index in [2.05, 4.69) is 5.32 Å². The summed E-state index contributed by atoms with van der Waals surface area (Å²) in [7, 11) is 3.43. The fourth-order valence-corrected chi connectivity index (χ4v) is 2.69. The van der Waals surface area contributed by atoms with Crippen LogP contribution in [0.2, 0.25) is 0 Å². The smallest absolute Gasteiger partial charge is 0.131 e. The first-order chi connectivity index (χ1) is 9.26. The van der Waals surface area contributed by atoms with E-state index in [1.807, 2.05) is 7.05 Å². The summed E-state index contributed by atoms with van der Waals surface area (Å²) in [4.78, 5) is 0. The maximum absolute atomic E-state index is 14.0. The van der Waals surface area contributed by atoms with Crippen LogP contribution >= 0.6 is 0 Å². The molecule has 3 nitrogen and oxygen atoms in total. The number of methoxy groups -OCH3 is 1. The van der Waals surface area contributed by atoms with Gasteiger partial charge in [0.05, 0.1) is 13.2 Å². The van der Waals surface area contributed by atoms with Crippen LogP contribution in [0.3, 0.4) is 0 Å². The minimum atomic E-state index is -0.217. The number of hydrogen-bond donors (Lipinski definition) is 1. The summed E-state index contributed by atoms with van der Waals surface area (Å²) in [6, 6.07) is 4.91. The molecule has 1 aromatic rings. The van der Waals surface area contributed by atoms with E-state index in [-0.39, 0.29) is 11.9 Å². The summed E-state index contributed by atoms with van der Waals surface area (Å²) < 4.78 is 24.9. The average Bonchev–Trinajstić information content (AvgIpc) is 2.94. The van der Waals surface area contributed by atoms with Gasteiger partial charge in [0.25, 0.3) is 0 Å². The highest BCUT2D eigenvalue weighted by Gasteiger charge is 2.22. The lowest BCUT2D eigenvalue weighted by Crippen LogP contribution is -2.20. The second-order valence-corrected chi connectivity index (χ2v) is 4.91. The Bertz CT molecular complexity index is 405. The molecule has 19 heavy (non-hydrogen) atoms. The monoisotopic (exact) mass is 267 g/mol. The molecule has 1 heterocycles. The highest BCUT2D eigenvalue weighted by molar-refractivity contribution is 5.37. The number of benzene rings is 1. The average molecular weight is 267 g/mol. The summed E-state index contributed by atoms with van der Waals surface area (Å²) in [5, 5.41) is 3.18. The van der Waals surface area contributed by atoms with Crippen molar-refractivity contribution in [2.24, 2.45) is 0 Å². The Morgan fingerprint density at radius 2 is 2.37 bits per heavy atom. The van der Waals surface area contributed by atoms with Crippen LogP contribution in [0.4, 0.5) is 4.39 Å². The van der Waals surface area contributed by atoms with Gasteiger partial charge in [-0.1, -0.05) is 6.07 Å². The topological polar surface area (TPSA) is 30.5 Å². The van der Waals surface area contributed by atoms with Crippen molar-refractivity contribution in [3.05, 3.63) is 29.6 Å². The van der Waals surface area contributed by atoms with Gasteiger partial charge in [-0.3, -0.25) is 0 Å². The predicted molar refractivity (Wildman–Crippen MR) is 73.0 cm³/mol. The molecule has 0 radical (unpaired) electrons. The van der Waals surface area contributed by atoms with Crippen molar-refractivity contribution in [2.75, 3.05) is 20.8 Å². The molecule has 0 bridgehead atoms. The fourth-order valence-electron chi connectivity index (χ4n) is 2.69. The third-order valence-corrected chi connectivity index (χ3v) is 3.73. The van der Waals surface area contributed by atoms with Crippen molar-refractivity contribution in [3.63, 3.8) is 0 Å². The fraction of sp³-hybridized carbons (Fsp3) is 0.600. The van der Waals surface area contributed by atoms with Crippen molar-refractivity contribution >= 4 is 0 Å². The zero-order valence-corrected chi connectivity index (χ0v) is 11.6. The summed E-state index contributed by atoms with van der Waals surface area (Å²) in [5.74, 6) is 0.387.